The maximum Gasteiger partial charge on any atom is 0.195 e. The van der Waals surface area contributed by atoms with Crippen molar-refractivity contribution in [1.82, 2.24) is 0 Å². The van der Waals surface area contributed by atoms with Crippen molar-refractivity contribution in [3.8, 4) is 11.1 Å². The molecule has 0 aliphatic heterocycles. The van der Waals surface area contributed by atoms with E-state index in [1.54, 1.807) is 42.7 Å². The van der Waals surface area contributed by atoms with Crippen molar-refractivity contribution in [3.63, 3.8) is 0 Å². The molecule has 0 amide bonds. The number of hydrogen-bond acceptors (Lipinski definition) is 3. The van der Waals surface area contributed by atoms with Gasteiger partial charge in [-0.2, -0.15) is 0 Å². The van der Waals surface area contributed by atoms with Crippen molar-refractivity contribution >= 4 is 22.5 Å². The van der Waals surface area contributed by atoms with Gasteiger partial charge in [0.15, 0.2) is 11.6 Å². The first-order valence-electron chi connectivity index (χ1n) is 8.04. The van der Waals surface area contributed by atoms with E-state index in [9.17, 15) is 9.59 Å². The average molecular weight is 324 g/mol. The van der Waals surface area contributed by atoms with Crippen LogP contribution in [0.2, 0.25) is 0 Å². The summed E-state index contributed by atoms with van der Waals surface area (Å²) in [5, 5.41) is 0.684. The minimum atomic E-state index is -0.129. The molecule has 25 heavy (non-hydrogen) atoms. The van der Waals surface area contributed by atoms with Gasteiger partial charge >= 0.3 is 0 Å². The first kappa shape index (κ1) is 13.9. The summed E-state index contributed by atoms with van der Waals surface area (Å²) in [6, 6.07) is 20.3. The minimum absolute atomic E-state index is 0.120. The number of carbonyl (C=O) groups excluding carboxylic acids is 2. The van der Waals surface area contributed by atoms with Gasteiger partial charge in [0.2, 0.25) is 0 Å². The molecule has 0 saturated carbocycles. The summed E-state index contributed by atoms with van der Waals surface area (Å²) in [5.41, 5.74) is 4.19. The molecule has 0 radical (unpaired) electrons. The summed E-state index contributed by atoms with van der Waals surface area (Å²) in [7, 11) is 0. The number of ketones is 2. The van der Waals surface area contributed by atoms with Crippen LogP contribution >= 0.6 is 0 Å². The van der Waals surface area contributed by atoms with Crippen molar-refractivity contribution in [2.45, 2.75) is 0 Å². The Morgan fingerprint density at radius 1 is 0.640 bits per heavy atom. The van der Waals surface area contributed by atoms with Crippen LogP contribution < -0.4 is 0 Å². The fourth-order valence-corrected chi connectivity index (χ4v) is 3.56. The second kappa shape index (κ2) is 5.02. The molecule has 0 N–H and O–H groups in total. The fraction of sp³-hybridized carbons (Fsp3) is 0. The van der Waals surface area contributed by atoms with Crippen LogP contribution in [0.15, 0.2) is 77.4 Å². The van der Waals surface area contributed by atoms with Crippen LogP contribution in [0.1, 0.15) is 31.8 Å². The summed E-state index contributed by atoms with van der Waals surface area (Å²) in [6.07, 6.45) is 1.57. The lowest BCUT2D eigenvalue weighted by molar-refractivity contribution is 0.0980. The lowest BCUT2D eigenvalue weighted by Gasteiger charge is -2.19. The molecule has 0 fully saturated rings. The number of fused-ring (bicyclic) bond motifs is 4. The van der Waals surface area contributed by atoms with E-state index in [1.165, 1.54) is 0 Å². The number of benzene rings is 3. The van der Waals surface area contributed by atoms with Crippen LogP contribution in [0, 0.1) is 0 Å². The van der Waals surface area contributed by atoms with Gasteiger partial charge in [0.05, 0.1) is 6.26 Å². The molecule has 1 heterocycles. The van der Waals surface area contributed by atoms with Crippen LogP contribution in [0.5, 0.6) is 0 Å². The maximum atomic E-state index is 13.0. The van der Waals surface area contributed by atoms with Gasteiger partial charge in [0.25, 0.3) is 0 Å². The van der Waals surface area contributed by atoms with Gasteiger partial charge < -0.3 is 4.42 Å². The number of furan rings is 1. The highest BCUT2D eigenvalue weighted by Gasteiger charge is 2.32. The molecular formula is C22H12O3. The van der Waals surface area contributed by atoms with Gasteiger partial charge in [-0.05, 0) is 17.7 Å². The van der Waals surface area contributed by atoms with E-state index in [-0.39, 0.29) is 11.6 Å². The first-order chi connectivity index (χ1) is 12.3. The summed E-state index contributed by atoms with van der Waals surface area (Å²) < 4.78 is 5.68. The van der Waals surface area contributed by atoms with E-state index < -0.39 is 0 Å². The van der Waals surface area contributed by atoms with E-state index >= 15 is 0 Å². The smallest absolute Gasteiger partial charge is 0.195 e. The van der Waals surface area contributed by atoms with Crippen LogP contribution in [0.4, 0.5) is 0 Å². The van der Waals surface area contributed by atoms with Crippen LogP contribution in [-0.4, -0.2) is 11.6 Å². The van der Waals surface area contributed by atoms with Gasteiger partial charge in [-0.1, -0.05) is 54.6 Å². The van der Waals surface area contributed by atoms with Crippen LogP contribution in [-0.2, 0) is 0 Å². The van der Waals surface area contributed by atoms with Crippen molar-refractivity contribution in [2.24, 2.45) is 0 Å². The Morgan fingerprint density at radius 3 is 2.08 bits per heavy atom. The largest absolute Gasteiger partial charge is 0.464 e. The van der Waals surface area contributed by atoms with Crippen LogP contribution in [0.25, 0.3) is 22.1 Å². The molecule has 5 rings (SSSR count). The van der Waals surface area contributed by atoms with E-state index in [0.29, 0.717) is 33.2 Å². The zero-order valence-corrected chi connectivity index (χ0v) is 13.2. The Balaban J connectivity index is 1.88. The Kier molecular flexibility index (Phi) is 2.80. The molecule has 0 spiro atoms. The van der Waals surface area contributed by atoms with Gasteiger partial charge in [0, 0.05) is 33.2 Å². The molecule has 0 atom stereocenters. The third kappa shape index (κ3) is 1.86. The molecule has 1 aliphatic carbocycles. The third-order valence-corrected chi connectivity index (χ3v) is 4.71. The summed E-state index contributed by atoms with van der Waals surface area (Å²) >= 11 is 0. The van der Waals surface area contributed by atoms with Crippen molar-refractivity contribution in [1.29, 1.82) is 0 Å². The summed E-state index contributed by atoms with van der Waals surface area (Å²) in [4.78, 5) is 26.0. The summed E-state index contributed by atoms with van der Waals surface area (Å²) in [6.45, 7) is 0. The number of carbonyl (C=O) groups is 2. The summed E-state index contributed by atoms with van der Waals surface area (Å²) in [5.74, 6) is -0.248. The Labute approximate surface area is 143 Å². The monoisotopic (exact) mass is 324 g/mol. The predicted molar refractivity (Wildman–Crippen MR) is 95.0 cm³/mol. The number of rotatable bonds is 1. The topological polar surface area (TPSA) is 47.3 Å². The normalized spacial score (nSPS) is 13.0. The van der Waals surface area contributed by atoms with E-state index in [2.05, 4.69) is 0 Å². The fourth-order valence-electron chi connectivity index (χ4n) is 3.56. The molecule has 0 unspecified atom stereocenters. The predicted octanol–water partition coefficient (Wildman–Crippen LogP) is 4.88. The first-order valence-corrected chi connectivity index (χ1v) is 8.04. The van der Waals surface area contributed by atoms with E-state index in [0.717, 1.165) is 11.1 Å². The zero-order valence-electron chi connectivity index (χ0n) is 13.2. The second-order valence-corrected chi connectivity index (χ2v) is 6.08. The minimum Gasteiger partial charge on any atom is -0.464 e. The lowest BCUT2D eigenvalue weighted by Crippen LogP contribution is -2.21. The molecule has 118 valence electrons. The number of hydrogen-bond donors (Lipinski definition) is 0. The lowest BCUT2D eigenvalue weighted by atomic mass is 9.81. The van der Waals surface area contributed by atoms with Crippen molar-refractivity contribution in [2.75, 3.05) is 0 Å². The van der Waals surface area contributed by atoms with Crippen molar-refractivity contribution < 1.29 is 14.0 Å². The maximum absolute atomic E-state index is 13.0. The Morgan fingerprint density at radius 2 is 1.32 bits per heavy atom. The standard InChI is InChI=1S/C22H12O3/c23-20-14-8-4-5-9-15(14)21(24)19-16-10-11-25-22(16)17(12-18(19)20)13-6-2-1-3-7-13/h1-12H. The van der Waals surface area contributed by atoms with Gasteiger partial charge in [0.1, 0.15) is 5.58 Å². The second-order valence-electron chi connectivity index (χ2n) is 6.08. The SMILES string of the molecule is O=C1c2ccccc2C(=O)c2c1cc(-c1ccccc1)c1occc21. The molecular weight excluding hydrogens is 312 g/mol. The molecule has 3 heteroatoms. The molecule has 4 aromatic rings. The molecule has 3 nitrogen and oxygen atoms in total. The molecule has 0 saturated heterocycles. The molecule has 0 bridgehead atoms. The highest BCUT2D eigenvalue weighted by molar-refractivity contribution is 6.32. The van der Waals surface area contributed by atoms with Gasteiger partial charge in [-0.25, -0.2) is 0 Å². The van der Waals surface area contributed by atoms with Crippen molar-refractivity contribution in [3.05, 3.63) is 95.2 Å². The highest BCUT2D eigenvalue weighted by Crippen LogP contribution is 2.38. The highest BCUT2D eigenvalue weighted by atomic mass is 16.3. The average Bonchev–Trinajstić information content (AvgIpc) is 3.15. The Bertz CT molecular complexity index is 1170. The molecule has 1 aromatic heterocycles. The van der Waals surface area contributed by atoms with E-state index in [4.69, 9.17) is 4.42 Å². The quantitative estimate of drug-likeness (QED) is 0.442. The van der Waals surface area contributed by atoms with Crippen LogP contribution in [0.3, 0.4) is 0 Å². The molecule has 3 aromatic carbocycles. The Hall–Kier alpha value is -3.46. The zero-order chi connectivity index (χ0) is 17.0. The van der Waals surface area contributed by atoms with Gasteiger partial charge in [-0.15, -0.1) is 0 Å². The van der Waals surface area contributed by atoms with Gasteiger partial charge in [-0.3, -0.25) is 9.59 Å². The van der Waals surface area contributed by atoms with E-state index in [1.807, 2.05) is 30.3 Å². The third-order valence-electron chi connectivity index (χ3n) is 4.71. The molecule has 1 aliphatic rings.